The molecule has 2 rings (SSSR count). The third-order valence-electron chi connectivity index (χ3n) is 3.29. The SMILES string of the molecule is O=C(CN1CCN(CCO)CC1)C1CC1. The molecule has 1 saturated carbocycles. The number of carbonyl (C=O) groups excluding carboxylic acids is 1. The normalized spacial score (nSPS) is 24.3. The molecule has 0 bridgehead atoms. The summed E-state index contributed by atoms with van der Waals surface area (Å²) in [6.45, 7) is 5.57. The molecule has 2 aliphatic rings. The Kier molecular flexibility index (Phi) is 3.72. The van der Waals surface area contributed by atoms with Gasteiger partial charge in [0.15, 0.2) is 0 Å². The summed E-state index contributed by atoms with van der Waals surface area (Å²) in [5, 5.41) is 8.80. The smallest absolute Gasteiger partial charge is 0.149 e. The van der Waals surface area contributed by atoms with Crippen molar-refractivity contribution < 1.29 is 9.90 Å². The maximum atomic E-state index is 11.6. The number of aliphatic hydroxyl groups is 1. The summed E-state index contributed by atoms with van der Waals surface area (Å²) in [6, 6.07) is 0. The number of ketones is 1. The number of carbonyl (C=O) groups is 1. The van der Waals surface area contributed by atoms with Gasteiger partial charge >= 0.3 is 0 Å². The second-order valence-corrected chi connectivity index (χ2v) is 4.58. The van der Waals surface area contributed by atoms with Gasteiger partial charge in [0.05, 0.1) is 13.2 Å². The van der Waals surface area contributed by atoms with Crippen molar-refractivity contribution in [2.24, 2.45) is 5.92 Å². The van der Waals surface area contributed by atoms with E-state index in [-0.39, 0.29) is 6.61 Å². The third-order valence-corrected chi connectivity index (χ3v) is 3.29. The van der Waals surface area contributed by atoms with E-state index in [1.165, 1.54) is 0 Å². The molecule has 0 aromatic heterocycles. The van der Waals surface area contributed by atoms with Crippen molar-refractivity contribution in [2.45, 2.75) is 12.8 Å². The molecule has 1 aliphatic carbocycles. The number of hydrogen-bond donors (Lipinski definition) is 1. The second-order valence-electron chi connectivity index (χ2n) is 4.58. The fourth-order valence-electron chi connectivity index (χ4n) is 2.07. The zero-order chi connectivity index (χ0) is 10.7. The Morgan fingerprint density at radius 3 is 2.27 bits per heavy atom. The van der Waals surface area contributed by atoms with Crippen molar-refractivity contribution in [1.29, 1.82) is 0 Å². The van der Waals surface area contributed by atoms with Crippen molar-refractivity contribution in [1.82, 2.24) is 9.80 Å². The van der Waals surface area contributed by atoms with Gasteiger partial charge in [0.1, 0.15) is 5.78 Å². The number of Topliss-reactive ketones (excluding diaryl/α,β-unsaturated/α-hetero) is 1. The number of β-amino-alcohol motifs (C(OH)–C–C–N with tert-alkyl or cyclic N) is 1. The van der Waals surface area contributed by atoms with Gasteiger partial charge in [-0.05, 0) is 12.8 Å². The summed E-state index contributed by atoms with van der Waals surface area (Å²) in [5.74, 6) is 0.825. The lowest BCUT2D eigenvalue weighted by atomic mass is 10.2. The molecule has 4 heteroatoms. The molecule has 0 amide bonds. The quantitative estimate of drug-likeness (QED) is 0.672. The van der Waals surface area contributed by atoms with Crippen LogP contribution < -0.4 is 0 Å². The van der Waals surface area contributed by atoms with Gasteiger partial charge in [-0.2, -0.15) is 0 Å². The zero-order valence-corrected chi connectivity index (χ0v) is 9.19. The first kappa shape index (κ1) is 11.0. The molecule has 0 radical (unpaired) electrons. The molecule has 4 nitrogen and oxygen atoms in total. The van der Waals surface area contributed by atoms with E-state index in [0.29, 0.717) is 18.2 Å². The number of aliphatic hydroxyl groups excluding tert-OH is 1. The van der Waals surface area contributed by atoms with Crippen molar-refractivity contribution in [2.75, 3.05) is 45.9 Å². The van der Waals surface area contributed by atoms with Crippen LogP contribution in [0.25, 0.3) is 0 Å². The van der Waals surface area contributed by atoms with E-state index < -0.39 is 0 Å². The minimum atomic E-state index is 0.237. The summed E-state index contributed by atoms with van der Waals surface area (Å²) in [7, 11) is 0. The molecule has 1 saturated heterocycles. The minimum Gasteiger partial charge on any atom is -0.395 e. The van der Waals surface area contributed by atoms with Crippen molar-refractivity contribution in [3.8, 4) is 0 Å². The molecule has 1 heterocycles. The molecule has 86 valence electrons. The summed E-state index contributed by atoms with van der Waals surface area (Å²) in [4.78, 5) is 16.1. The van der Waals surface area contributed by atoms with Crippen LogP contribution in [0.3, 0.4) is 0 Å². The average Bonchev–Trinajstić information content (AvgIpc) is 3.04. The van der Waals surface area contributed by atoms with Gasteiger partial charge in [-0.15, -0.1) is 0 Å². The molecule has 2 fully saturated rings. The molecule has 0 spiro atoms. The van der Waals surface area contributed by atoms with Crippen LogP contribution in [-0.2, 0) is 4.79 Å². The fraction of sp³-hybridized carbons (Fsp3) is 0.909. The summed E-state index contributed by atoms with van der Waals surface area (Å²) >= 11 is 0. The Morgan fingerprint density at radius 1 is 1.13 bits per heavy atom. The van der Waals surface area contributed by atoms with E-state index in [2.05, 4.69) is 9.80 Å². The van der Waals surface area contributed by atoms with Crippen LogP contribution in [0.2, 0.25) is 0 Å². The van der Waals surface area contributed by atoms with Crippen LogP contribution in [0.4, 0.5) is 0 Å². The van der Waals surface area contributed by atoms with Crippen molar-refractivity contribution in [3.05, 3.63) is 0 Å². The highest BCUT2D eigenvalue weighted by Crippen LogP contribution is 2.29. The van der Waals surface area contributed by atoms with Crippen molar-refractivity contribution >= 4 is 5.78 Å². The Labute approximate surface area is 90.9 Å². The van der Waals surface area contributed by atoms with E-state index in [0.717, 1.165) is 45.6 Å². The van der Waals surface area contributed by atoms with Crippen LogP contribution in [0.5, 0.6) is 0 Å². The summed E-state index contributed by atoms with van der Waals surface area (Å²) < 4.78 is 0. The highest BCUT2D eigenvalue weighted by atomic mass is 16.3. The van der Waals surface area contributed by atoms with E-state index >= 15 is 0 Å². The first-order valence-corrected chi connectivity index (χ1v) is 5.88. The summed E-state index contributed by atoms with van der Waals surface area (Å²) in [5.41, 5.74) is 0. The van der Waals surface area contributed by atoms with Crippen LogP contribution in [-0.4, -0.2) is 66.6 Å². The number of nitrogens with zero attached hydrogens (tertiary/aromatic N) is 2. The summed E-state index contributed by atoms with van der Waals surface area (Å²) in [6.07, 6.45) is 2.23. The van der Waals surface area contributed by atoms with Gasteiger partial charge < -0.3 is 5.11 Å². The molecule has 1 aliphatic heterocycles. The zero-order valence-electron chi connectivity index (χ0n) is 9.19. The highest BCUT2D eigenvalue weighted by molar-refractivity contribution is 5.84. The van der Waals surface area contributed by atoms with Gasteiger partial charge in [0, 0.05) is 38.6 Å². The van der Waals surface area contributed by atoms with Gasteiger partial charge in [-0.1, -0.05) is 0 Å². The Hall–Kier alpha value is -0.450. The molecule has 15 heavy (non-hydrogen) atoms. The van der Waals surface area contributed by atoms with Crippen LogP contribution >= 0.6 is 0 Å². The van der Waals surface area contributed by atoms with Crippen molar-refractivity contribution in [3.63, 3.8) is 0 Å². The lowest BCUT2D eigenvalue weighted by molar-refractivity contribution is -0.121. The molecule has 0 aromatic rings. The topological polar surface area (TPSA) is 43.8 Å². The average molecular weight is 212 g/mol. The number of piperazine rings is 1. The van der Waals surface area contributed by atoms with Gasteiger partial charge in [-0.3, -0.25) is 14.6 Å². The van der Waals surface area contributed by atoms with Crippen LogP contribution in [0.1, 0.15) is 12.8 Å². The standard InChI is InChI=1S/C11H20N2O2/c14-8-7-12-3-5-13(6-4-12)9-11(15)10-1-2-10/h10,14H,1-9H2. The molecular formula is C11H20N2O2. The predicted molar refractivity (Wildman–Crippen MR) is 57.7 cm³/mol. The Balaban J connectivity index is 1.66. The number of hydrogen-bond acceptors (Lipinski definition) is 4. The predicted octanol–water partition coefficient (Wildman–Crippen LogP) is -0.425. The van der Waals surface area contributed by atoms with E-state index in [1.807, 2.05) is 0 Å². The monoisotopic (exact) mass is 212 g/mol. The maximum Gasteiger partial charge on any atom is 0.149 e. The minimum absolute atomic E-state index is 0.237. The molecule has 0 aromatic carbocycles. The second kappa shape index (κ2) is 5.05. The van der Waals surface area contributed by atoms with E-state index in [4.69, 9.17) is 5.11 Å². The Bertz CT molecular complexity index is 221. The molecular weight excluding hydrogens is 192 g/mol. The lowest BCUT2D eigenvalue weighted by Crippen LogP contribution is -2.48. The maximum absolute atomic E-state index is 11.6. The van der Waals surface area contributed by atoms with Gasteiger partial charge in [0.2, 0.25) is 0 Å². The van der Waals surface area contributed by atoms with Gasteiger partial charge in [-0.25, -0.2) is 0 Å². The molecule has 0 atom stereocenters. The number of rotatable bonds is 5. The lowest BCUT2D eigenvalue weighted by Gasteiger charge is -2.33. The van der Waals surface area contributed by atoms with Gasteiger partial charge in [0.25, 0.3) is 0 Å². The van der Waals surface area contributed by atoms with E-state index in [1.54, 1.807) is 0 Å². The highest BCUT2D eigenvalue weighted by Gasteiger charge is 2.30. The van der Waals surface area contributed by atoms with E-state index in [9.17, 15) is 4.79 Å². The van der Waals surface area contributed by atoms with Crippen LogP contribution in [0, 0.1) is 5.92 Å². The fourth-order valence-corrected chi connectivity index (χ4v) is 2.07. The molecule has 1 N–H and O–H groups in total. The first-order chi connectivity index (χ1) is 7.29. The third kappa shape index (κ3) is 3.26. The largest absolute Gasteiger partial charge is 0.395 e. The Morgan fingerprint density at radius 2 is 1.73 bits per heavy atom. The van der Waals surface area contributed by atoms with Crippen LogP contribution in [0.15, 0.2) is 0 Å². The first-order valence-electron chi connectivity index (χ1n) is 5.88. The molecule has 0 unspecified atom stereocenters.